The van der Waals surface area contributed by atoms with Gasteiger partial charge in [0, 0.05) is 47.2 Å². The summed E-state index contributed by atoms with van der Waals surface area (Å²) in [5, 5.41) is 3.91. The lowest BCUT2D eigenvalue weighted by molar-refractivity contribution is -0.117. The van der Waals surface area contributed by atoms with Crippen LogP contribution in [0.15, 0.2) is 49.1 Å². The number of hydrogen-bond donors (Lipinski definition) is 2. The summed E-state index contributed by atoms with van der Waals surface area (Å²) in [5.41, 5.74) is 3.85. The Morgan fingerprint density at radius 3 is 3.04 bits per heavy atom. The van der Waals surface area contributed by atoms with Gasteiger partial charge in [0.1, 0.15) is 17.1 Å². The fourth-order valence-corrected chi connectivity index (χ4v) is 2.97. The molecule has 0 aliphatic heterocycles. The van der Waals surface area contributed by atoms with Crippen molar-refractivity contribution in [2.45, 2.75) is 12.8 Å². The van der Waals surface area contributed by atoms with Crippen LogP contribution in [0.25, 0.3) is 27.8 Å². The monoisotopic (exact) mass is 317 g/mol. The van der Waals surface area contributed by atoms with Gasteiger partial charge in [0.05, 0.1) is 0 Å². The van der Waals surface area contributed by atoms with E-state index in [9.17, 15) is 4.79 Å². The smallest absolute Gasteiger partial charge is 0.228 e. The lowest BCUT2D eigenvalue weighted by atomic mass is 10.1. The lowest BCUT2D eigenvalue weighted by Crippen LogP contribution is -2.14. The molecular formula is C18H15N5O. The number of hydrogen-bond acceptors (Lipinski definition) is 3. The zero-order valence-corrected chi connectivity index (χ0v) is 12.9. The van der Waals surface area contributed by atoms with Crippen molar-refractivity contribution >= 4 is 28.4 Å². The second-order valence-electron chi connectivity index (χ2n) is 6.17. The number of nitrogens with zero attached hydrogens (tertiary/aromatic N) is 3. The van der Waals surface area contributed by atoms with E-state index in [2.05, 4.69) is 20.3 Å². The molecule has 0 saturated heterocycles. The third kappa shape index (κ3) is 2.15. The van der Waals surface area contributed by atoms with E-state index in [0.717, 1.165) is 40.6 Å². The van der Waals surface area contributed by atoms with Crippen LogP contribution in [0.1, 0.15) is 12.8 Å². The fourth-order valence-electron chi connectivity index (χ4n) is 2.97. The summed E-state index contributed by atoms with van der Waals surface area (Å²) in [7, 11) is 0. The highest BCUT2D eigenvalue weighted by Crippen LogP contribution is 2.31. The number of aromatic amines is 1. The molecule has 6 nitrogen and oxygen atoms in total. The first-order valence-corrected chi connectivity index (χ1v) is 8.00. The van der Waals surface area contributed by atoms with Crippen LogP contribution in [-0.2, 0) is 4.79 Å². The van der Waals surface area contributed by atoms with Crippen LogP contribution in [0, 0.1) is 5.92 Å². The van der Waals surface area contributed by atoms with Crippen molar-refractivity contribution in [3.8, 4) is 11.1 Å². The van der Waals surface area contributed by atoms with E-state index in [0.29, 0.717) is 5.82 Å². The molecular weight excluding hydrogens is 302 g/mol. The molecule has 4 aromatic heterocycles. The first-order chi connectivity index (χ1) is 11.8. The van der Waals surface area contributed by atoms with Crippen molar-refractivity contribution in [1.29, 1.82) is 0 Å². The van der Waals surface area contributed by atoms with E-state index in [1.165, 1.54) is 0 Å². The summed E-state index contributed by atoms with van der Waals surface area (Å²) >= 11 is 0. The summed E-state index contributed by atoms with van der Waals surface area (Å²) in [6, 6.07) is 7.89. The Bertz CT molecular complexity index is 1070. The predicted molar refractivity (Wildman–Crippen MR) is 91.6 cm³/mol. The van der Waals surface area contributed by atoms with Gasteiger partial charge in [-0.25, -0.2) is 9.97 Å². The Hall–Kier alpha value is -3.15. The average Bonchev–Trinajstić information content (AvgIpc) is 3.20. The summed E-state index contributed by atoms with van der Waals surface area (Å²) < 4.78 is 1.99. The minimum absolute atomic E-state index is 0.0687. The van der Waals surface area contributed by atoms with Gasteiger partial charge in [0.15, 0.2) is 0 Å². The van der Waals surface area contributed by atoms with Gasteiger partial charge in [0.25, 0.3) is 0 Å². The van der Waals surface area contributed by atoms with Crippen molar-refractivity contribution in [3.05, 3.63) is 49.1 Å². The van der Waals surface area contributed by atoms with E-state index in [-0.39, 0.29) is 11.8 Å². The highest BCUT2D eigenvalue weighted by atomic mass is 16.2. The van der Waals surface area contributed by atoms with Gasteiger partial charge in [-0.2, -0.15) is 0 Å². The van der Waals surface area contributed by atoms with Crippen molar-refractivity contribution in [2.24, 2.45) is 5.92 Å². The van der Waals surface area contributed by atoms with Crippen molar-refractivity contribution in [3.63, 3.8) is 0 Å². The third-order valence-electron chi connectivity index (χ3n) is 4.44. The first-order valence-electron chi connectivity index (χ1n) is 8.00. The van der Waals surface area contributed by atoms with Crippen LogP contribution in [0.4, 0.5) is 5.82 Å². The molecule has 4 heterocycles. The third-order valence-corrected chi connectivity index (χ3v) is 4.44. The Labute approximate surface area is 137 Å². The summed E-state index contributed by atoms with van der Waals surface area (Å²) in [4.78, 5) is 23.8. The van der Waals surface area contributed by atoms with E-state index >= 15 is 0 Å². The van der Waals surface area contributed by atoms with Crippen molar-refractivity contribution in [1.82, 2.24) is 19.4 Å². The van der Waals surface area contributed by atoms with Gasteiger partial charge in [-0.05, 0) is 37.1 Å². The summed E-state index contributed by atoms with van der Waals surface area (Å²) in [6.45, 7) is 0. The maximum Gasteiger partial charge on any atom is 0.228 e. The molecule has 0 aromatic carbocycles. The maximum absolute atomic E-state index is 11.9. The average molecular weight is 317 g/mol. The molecule has 2 N–H and O–H groups in total. The minimum Gasteiger partial charge on any atom is -0.345 e. The number of nitrogens with one attached hydrogen (secondary N) is 2. The van der Waals surface area contributed by atoms with Gasteiger partial charge in [0.2, 0.25) is 5.91 Å². The number of carbonyl (C=O) groups is 1. The molecule has 1 aliphatic carbocycles. The molecule has 0 spiro atoms. The number of carbonyl (C=O) groups excluding carboxylic acids is 1. The largest absolute Gasteiger partial charge is 0.345 e. The summed E-state index contributed by atoms with van der Waals surface area (Å²) in [5.74, 6) is 0.834. The van der Waals surface area contributed by atoms with Gasteiger partial charge in [-0.1, -0.05) is 0 Å². The van der Waals surface area contributed by atoms with Crippen LogP contribution in [0.2, 0.25) is 0 Å². The molecule has 1 saturated carbocycles. The molecule has 118 valence electrons. The second-order valence-corrected chi connectivity index (χ2v) is 6.17. The van der Waals surface area contributed by atoms with Gasteiger partial charge in [-0.3, -0.25) is 4.79 Å². The number of fused-ring (bicyclic) bond motifs is 2. The number of aromatic nitrogens is 4. The van der Waals surface area contributed by atoms with Crippen LogP contribution in [-0.4, -0.2) is 25.3 Å². The molecule has 6 heteroatoms. The molecule has 0 atom stereocenters. The highest BCUT2D eigenvalue weighted by molar-refractivity contribution is 5.97. The molecule has 1 amide bonds. The number of rotatable bonds is 3. The van der Waals surface area contributed by atoms with Gasteiger partial charge >= 0.3 is 0 Å². The number of pyridine rings is 2. The number of H-pyrrole nitrogens is 1. The Morgan fingerprint density at radius 2 is 2.17 bits per heavy atom. The zero-order chi connectivity index (χ0) is 16.1. The predicted octanol–water partition coefficient (Wildman–Crippen LogP) is 3.23. The normalized spacial score (nSPS) is 14.3. The first kappa shape index (κ1) is 13.3. The van der Waals surface area contributed by atoms with Crippen LogP contribution < -0.4 is 5.32 Å². The van der Waals surface area contributed by atoms with E-state index in [1.54, 1.807) is 6.20 Å². The second kappa shape index (κ2) is 4.92. The van der Waals surface area contributed by atoms with Gasteiger partial charge in [-0.15, -0.1) is 0 Å². The zero-order valence-electron chi connectivity index (χ0n) is 12.9. The Morgan fingerprint density at radius 1 is 1.25 bits per heavy atom. The number of amides is 1. The minimum atomic E-state index is 0.0687. The molecule has 0 bridgehead atoms. The molecule has 1 aliphatic rings. The van der Waals surface area contributed by atoms with Crippen LogP contribution in [0.3, 0.4) is 0 Å². The molecule has 1 fully saturated rings. The number of imidazole rings is 1. The molecule has 0 radical (unpaired) electrons. The van der Waals surface area contributed by atoms with E-state index in [4.69, 9.17) is 0 Å². The molecule has 4 aromatic rings. The number of anilines is 1. The Kier molecular flexibility index (Phi) is 2.73. The lowest BCUT2D eigenvalue weighted by Gasteiger charge is -2.04. The molecule has 24 heavy (non-hydrogen) atoms. The van der Waals surface area contributed by atoms with Crippen LogP contribution in [0.5, 0.6) is 0 Å². The molecule has 5 rings (SSSR count). The topological polar surface area (TPSA) is 75.1 Å². The van der Waals surface area contributed by atoms with Crippen molar-refractivity contribution < 1.29 is 4.79 Å². The fraction of sp³-hybridized carbons (Fsp3) is 0.167. The molecule has 0 unspecified atom stereocenters. The highest BCUT2D eigenvalue weighted by Gasteiger charge is 2.29. The van der Waals surface area contributed by atoms with E-state index in [1.807, 2.05) is 47.3 Å². The standard InChI is InChI=1S/C18H15N5O/c24-18(11-1-2-11)22-15-5-4-13-14(9-20-17(13)21-15)12-3-6-16-19-7-8-23(16)10-12/h3-11H,1-2H2,(H2,20,21,22,24). The maximum atomic E-state index is 11.9. The van der Waals surface area contributed by atoms with Crippen LogP contribution >= 0.6 is 0 Å². The van der Waals surface area contributed by atoms with Gasteiger partial charge < -0.3 is 14.7 Å². The SMILES string of the molecule is O=C(Nc1ccc2c(-c3ccc4nccn4c3)c[nH]c2n1)C1CC1. The Balaban J connectivity index is 1.53. The quantitative estimate of drug-likeness (QED) is 0.609. The van der Waals surface area contributed by atoms with E-state index < -0.39 is 0 Å². The van der Waals surface area contributed by atoms with Crippen molar-refractivity contribution in [2.75, 3.05) is 5.32 Å². The summed E-state index contributed by atoms with van der Waals surface area (Å²) in [6.07, 6.45) is 9.67.